The molecule has 0 unspecified atom stereocenters. The normalized spacial score (nSPS) is 10.8. The van der Waals surface area contributed by atoms with Gasteiger partial charge in [-0.2, -0.15) is 5.10 Å². The Hall–Kier alpha value is -0.880. The Morgan fingerprint density at radius 2 is 2.00 bits per heavy atom. The first-order valence-electron chi connectivity index (χ1n) is 4.74. The average molecular weight is 299 g/mol. The Labute approximate surface area is 107 Å². The highest BCUT2D eigenvalue weighted by molar-refractivity contribution is 9.10. The molecule has 0 saturated heterocycles. The first-order valence-corrected chi connectivity index (χ1v) is 6.35. The van der Waals surface area contributed by atoms with Crippen LogP contribution in [0.25, 0.3) is 0 Å². The van der Waals surface area contributed by atoms with Crippen molar-refractivity contribution in [1.82, 2.24) is 19.7 Å². The molecule has 0 radical (unpaired) electrons. The molecule has 4 nitrogen and oxygen atoms in total. The van der Waals surface area contributed by atoms with Crippen molar-refractivity contribution >= 4 is 27.7 Å². The van der Waals surface area contributed by atoms with Gasteiger partial charge in [0.2, 0.25) is 0 Å². The number of rotatable bonds is 2. The maximum Gasteiger partial charge on any atom is 0.127 e. The molecule has 0 atom stereocenters. The van der Waals surface area contributed by atoms with Gasteiger partial charge in [0, 0.05) is 13.1 Å². The lowest BCUT2D eigenvalue weighted by Crippen LogP contribution is -1.94. The van der Waals surface area contributed by atoms with Crippen molar-refractivity contribution in [2.75, 3.05) is 0 Å². The van der Waals surface area contributed by atoms with Crippen LogP contribution in [0, 0.1) is 13.8 Å². The minimum Gasteiger partial charge on any atom is -0.261 e. The molecule has 0 aliphatic carbocycles. The molecular weight excluding hydrogens is 288 g/mol. The zero-order valence-electron chi connectivity index (χ0n) is 9.23. The van der Waals surface area contributed by atoms with E-state index in [1.807, 2.05) is 37.7 Å². The predicted octanol–water partition coefficient (Wildman–Crippen LogP) is 2.74. The van der Waals surface area contributed by atoms with Gasteiger partial charge in [0.1, 0.15) is 20.5 Å². The van der Waals surface area contributed by atoms with E-state index in [9.17, 15) is 0 Å². The summed E-state index contributed by atoms with van der Waals surface area (Å²) in [6, 6.07) is 3.94. The lowest BCUT2D eigenvalue weighted by molar-refractivity contribution is 0.691. The van der Waals surface area contributed by atoms with Gasteiger partial charge in [0.15, 0.2) is 0 Å². The van der Waals surface area contributed by atoms with Crippen LogP contribution in [0.1, 0.15) is 11.5 Å². The largest absolute Gasteiger partial charge is 0.261 e. The standard InChI is InChI=1S/C10H11BrN4S/c1-6-4-10(15(3)14-6)16-9-5-8(11)12-7(2)13-9/h4-5H,1-3H3. The summed E-state index contributed by atoms with van der Waals surface area (Å²) in [5, 5.41) is 6.28. The second-order valence-electron chi connectivity index (χ2n) is 3.43. The summed E-state index contributed by atoms with van der Waals surface area (Å²) in [4.78, 5) is 8.53. The van der Waals surface area contributed by atoms with E-state index in [1.165, 1.54) is 0 Å². The fourth-order valence-corrected chi connectivity index (χ4v) is 2.94. The van der Waals surface area contributed by atoms with Crippen LogP contribution in [0.5, 0.6) is 0 Å². The van der Waals surface area contributed by atoms with Gasteiger partial charge in [-0.05, 0) is 35.8 Å². The van der Waals surface area contributed by atoms with E-state index < -0.39 is 0 Å². The maximum atomic E-state index is 4.36. The third kappa shape index (κ3) is 2.62. The molecule has 0 saturated carbocycles. The minimum absolute atomic E-state index is 0.760. The molecule has 0 N–H and O–H groups in total. The summed E-state index contributed by atoms with van der Waals surface area (Å²) in [7, 11) is 1.93. The number of aromatic nitrogens is 4. The smallest absolute Gasteiger partial charge is 0.127 e. The second-order valence-corrected chi connectivity index (χ2v) is 5.28. The summed E-state index contributed by atoms with van der Waals surface area (Å²) in [6.45, 7) is 3.86. The first-order chi connectivity index (χ1) is 7.54. The average Bonchev–Trinajstić information content (AvgIpc) is 2.43. The van der Waals surface area contributed by atoms with Crippen molar-refractivity contribution in [3.8, 4) is 0 Å². The lowest BCUT2D eigenvalue weighted by atomic mass is 10.5. The van der Waals surface area contributed by atoms with Gasteiger partial charge < -0.3 is 0 Å². The topological polar surface area (TPSA) is 43.6 Å². The quantitative estimate of drug-likeness (QED) is 0.800. The molecule has 2 heterocycles. The summed E-state index contributed by atoms with van der Waals surface area (Å²) in [6.07, 6.45) is 0. The second kappa shape index (κ2) is 4.55. The van der Waals surface area contributed by atoms with Gasteiger partial charge in [-0.25, -0.2) is 9.97 Å². The summed E-state index contributed by atoms with van der Waals surface area (Å²) in [5.74, 6) is 0.760. The van der Waals surface area contributed by atoms with Gasteiger partial charge >= 0.3 is 0 Å². The van der Waals surface area contributed by atoms with Crippen molar-refractivity contribution in [3.05, 3.63) is 28.3 Å². The van der Waals surface area contributed by atoms with E-state index in [4.69, 9.17) is 0 Å². The predicted molar refractivity (Wildman–Crippen MR) is 66.5 cm³/mol. The van der Waals surface area contributed by atoms with E-state index in [1.54, 1.807) is 11.8 Å². The van der Waals surface area contributed by atoms with Gasteiger partial charge in [0.25, 0.3) is 0 Å². The van der Waals surface area contributed by atoms with Crippen molar-refractivity contribution in [1.29, 1.82) is 0 Å². The molecule has 0 amide bonds. The van der Waals surface area contributed by atoms with Crippen LogP contribution in [-0.2, 0) is 7.05 Å². The molecule has 16 heavy (non-hydrogen) atoms. The van der Waals surface area contributed by atoms with Crippen LogP contribution in [0.3, 0.4) is 0 Å². The van der Waals surface area contributed by atoms with Crippen molar-refractivity contribution in [2.45, 2.75) is 23.9 Å². The van der Waals surface area contributed by atoms with Gasteiger partial charge in [-0.15, -0.1) is 0 Å². The van der Waals surface area contributed by atoms with Crippen LogP contribution in [0.15, 0.2) is 26.8 Å². The minimum atomic E-state index is 0.760. The molecule has 0 aliphatic rings. The lowest BCUT2D eigenvalue weighted by Gasteiger charge is -2.02. The van der Waals surface area contributed by atoms with Crippen LogP contribution in [-0.4, -0.2) is 19.7 Å². The SMILES string of the molecule is Cc1cc(Sc2cc(Br)nc(C)n2)n(C)n1. The third-order valence-electron chi connectivity index (χ3n) is 1.95. The summed E-state index contributed by atoms with van der Waals surface area (Å²) >= 11 is 4.95. The van der Waals surface area contributed by atoms with Gasteiger partial charge in [-0.3, -0.25) is 4.68 Å². The Morgan fingerprint density at radius 1 is 1.25 bits per heavy atom. The number of aryl methyl sites for hydroxylation is 3. The molecule has 6 heteroatoms. The molecule has 84 valence electrons. The molecule has 2 rings (SSSR count). The fraction of sp³-hybridized carbons (Fsp3) is 0.300. The summed E-state index contributed by atoms with van der Waals surface area (Å²) < 4.78 is 2.66. The highest BCUT2D eigenvalue weighted by Crippen LogP contribution is 2.27. The van der Waals surface area contributed by atoms with E-state index in [-0.39, 0.29) is 0 Å². The van der Waals surface area contributed by atoms with E-state index in [2.05, 4.69) is 31.0 Å². The highest BCUT2D eigenvalue weighted by atomic mass is 79.9. The van der Waals surface area contributed by atoms with Crippen LogP contribution in [0.2, 0.25) is 0 Å². The van der Waals surface area contributed by atoms with Crippen molar-refractivity contribution in [3.63, 3.8) is 0 Å². The van der Waals surface area contributed by atoms with Crippen molar-refractivity contribution < 1.29 is 0 Å². The molecule has 0 aliphatic heterocycles. The van der Waals surface area contributed by atoms with Gasteiger partial charge in [-0.1, -0.05) is 11.8 Å². The van der Waals surface area contributed by atoms with E-state index in [0.29, 0.717) is 0 Å². The monoisotopic (exact) mass is 298 g/mol. The fourth-order valence-electron chi connectivity index (χ4n) is 1.35. The molecule has 0 spiro atoms. The van der Waals surface area contributed by atoms with E-state index in [0.717, 1.165) is 26.2 Å². The number of halogens is 1. The van der Waals surface area contributed by atoms with Crippen molar-refractivity contribution in [2.24, 2.45) is 7.05 Å². The molecule has 0 bridgehead atoms. The zero-order valence-corrected chi connectivity index (χ0v) is 11.6. The van der Waals surface area contributed by atoms with Crippen LogP contribution < -0.4 is 0 Å². The zero-order chi connectivity index (χ0) is 11.7. The third-order valence-corrected chi connectivity index (χ3v) is 3.37. The summed E-state index contributed by atoms with van der Waals surface area (Å²) in [5.41, 5.74) is 1.01. The Kier molecular flexibility index (Phi) is 3.30. The molecule has 0 fully saturated rings. The van der Waals surface area contributed by atoms with Gasteiger partial charge in [0.05, 0.1) is 5.69 Å². The van der Waals surface area contributed by atoms with Crippen LogP contribution in [0.4, 0.5) is 0 Å². The molecule has 2 aromatic heterocycles. The number of nitrogens with zero attached hydrogens (tertiary/aromatic N) is 4. The van der Waals surface area contributed by atoms with E-state index >= 15 is 0 Å². The Balaban J connectivity index is 2.30. The highest BCUT2D eigenvalue weighted by Gasteiger charge is 2.07. The Morgan fingerprint density at radius 3 is 2.56 bits per heavy atom. The number of hydrogen-bond acceptors (Lipinski definition) is 4. The number of hydrogen-bond donors (Lipinski definition) is 0. The molecular formula is C10H11BrN4S. The maximum absolute atomic E-state index is 4.36. The Bertz CT molecular complexity index is 503. The molecule has 0 aromatic carbocycles. The molecule has 2 aromatic rings. The van der Waals surface area contributed by atoms with Crippen LogP contribution >= 0.6 is 27.7 Å². The first kappa shape index (κ1) is 11.6.